The largest absolute Gasteiger partial charge is 0.502 e. The highest BCUT2D eigenvalue weighted by Gasteiger charge is 2.30. The molecule has 0 aromatic heterocycles. The molecule has 1 amide bonds. The van der Waals surface area contributed by atoms with E-state index in [2.05, 4.69) is 18.8 Å². The predicted octanol–water partition coefficient (Wildman–Crippen LogP) is 1.31. The van der Waals surface area contributed by atoms with Crippen LogP contribution in [0.2, 0.25) is 0 Å². The van der Waals surface area contributed by atoms with Gasteiger partial charge in [0.2, 0.25) is 6.41 Å². The molecule has 74 valence electrons. The van der Waals surface area contributed by atoms with E-state index in [0.717, 1.165) is 25.9 Å². The minimum atomic E-state index is 0.330. The van der Waals surface area contributed by atoms with Crippen molar-refractivity contribution in [3.05, 3.63) is 12.8 Å². The summed E-state index contributed by atoms with van der Waals surface area (Å²) in [4.78, 5) is 10.3. The Labute approximate surface area is 79.2 Å². The lowest BCUT2D eigenvalue weighted by atomic mass is 10.1. The van der Waals surface area contributed by atoms with Gasteiger partial charge in [0.25, 0.3) is 0 Å². The summed E-state index contributed by atoms with van der Waals surface area (Å²) in [6.45, 7) is 6.39. The first-order chi connectivity index (χ1) is 6.27. The standard InChI is InChI=1S/C10H17NO2/c1-3-13-6-9-4-8(2)10(5-9)11-7-12/h3,7-10H,1,4-6H2,2H3,(H,11,12). The van der Waals surface area contributed by atoms with Gasteiger partial charge in [0.1, 0.15) is 0 Å². The summed E-state index contributed by atoms with van der Waals surface area (Å²) in [6.07, 6.45) is 4.41. The van der Waals surface area contributed by atoms with Gasteiger partial charge in [0, 0.05) is 6.04 Å². The molecule has 0 aliphatic heterocycles. The van der Waals surface area contributed by atoms with Crippen molar-refractivity contribution >= 4 is 6.41 Å². The van der Waals surface area contributed by atoms with Gasteiger partial charge in [-0.3, -0.25) is 4.79 Å². The summed E-state index contributed by atoms with van der Waals surface area (Å²) in [5, 5.41) is 2.84. The maximum Gasteiger partial charge on any atom is 0.207 e. The number of ether oxygens (including phenoxy) is 1. The summed E-state index contributed by atoms with van der Waals surface area (Å²) in [5.41, 5.74) is 0. The van der Waals surface area contributed by atoms with Gasteiger partial charge in [-0.1, -0.05) is 13.5 Å². The molecule has 1 aliphatic rings. The van der Waals surface area contributed by atoms with Crippen molar-refractivity contribution in [3.63, 3.8) is 0 Å². The molecule has 3 heteroatoms. The number of rotatable bonds is 5. The van der Waals surface area contributed by atoms with Crippen LogP contribution < -0.4 is 5.32 Å². The molecule has 0 heterocycles. The van der Waals surface area contributed by atoms with E-state index in [4.69, 9.17) is 4.74 Å². The molecular weight excluding hydrogens is 166 g/mol. The van der Waals surface area contributed by atoms with Gasteiger partial charge in [-0.05, 0) is 24.7 Å². The zero-order chi connectivity index (χ0) is 9.68. The molecule has 1 saturated carbocycles. The third-order valence-corrected chi connectivity index (χ3v) is 2.71. The van der Waals surface area contributed by atoms with Gasteiger partial charge in [0.05, 0.1) is 12.9 Å². The lowest BCUT2D eigenvalue weighted by molar-refractivity contribution is -0.110. The Morgan fingerprint density at radius 1 is 1.62 bits per heavy atom. The number of carbonyl (C=O) groups excluding carboxylic acids is 1. The summed E-state index contributed by atoms with van der Waals surface area (Å²) in [7, 11) is 0. The van der Waals surface area contributed by atoms with E-state index in [0.29, 0.717) is 17.9 Å². The molecule has 3 unspecified atom stereocenters. The van der Waals surface area contributed by atoms with Gasteiger partial charge in [0.15, 0.2) is 0 Å². The predicted molar refractivity (Wildman–Crippen MR) is 51.0 cm³/mol. The van der Waals surface area contributed by atoms with Crippen molar-refractivity contribution in [2.75, 3.05) is 6.61 Å². The molecule has 1 rings (SSSR count). The maximum atomic E-state index is 10.3. The summed E-state index contributed by atoms with van der Waals surface area (Å²) in [5.74, 6) is 1.12. The molecule has 1 N–H and O–H groups in total. The maximum absolute atomic E-state index is 10.3. The Balaban J connectivity index is 2.31. The van der Waals surface area contributed by atoms with Gasteiger partial charge in [-0.15, -0.1) is 0 Å². The molecule has 0 radical (unpaired) electrons. The molecule has 3 nitrogen and oxygen atoms in total. The smallest absolute Gasteiger partial charge is 0.207 e. The fourth-order valence-corrected chi connectivity index (χ4v) is 2.04. The third-order valence-electron chi connectivity index (χ3n) is 2.71. The first-order valence-electron chi connectivity index (χ1n) is 4.70. The van der Waals surface area contributed by atoms with Gasteiger partial charge in [-0.25, -0.2) is 0 Å². The van der Waals surface area contributed by atoms with E-state index in [1.165, 1.54) is 6.26 Å². The molecule has 13 heavy (non-hydrogen) atoms. The fourth-order valence-electron chi connectivity index (χ4n) is 2.04. The lowest BCUT2D eigenvalue weighted by Crippen LogP contribution is -2.29. The first kappa shape index (κ1) is 10.1. The summed E-state index contributed by atoms with van der Waals surface area (Å²) in [6, 6.07) is 0.330. The minimum Gasteiger partial charge on any atom is -0.502 e. The van der Waals surface area contributed by atoms with Crippen molar-refractivity contribution in [3.8, 4) is 0 Å². The average Bonchev–Trinajstić information content (AvgIpc) is 2.45. The number of hydrogen-bond acceptors (Lipinski definition) is 2. The van der Waals surface area contributed by atoms with Crippen molar-refractivity contribution in [2.45, 2.75) is 25.8 Å². The highest BCUT2D eigenvalue weighted by atomic mass is 16.5. The Morgan fingerprint density at radius 3 is 3.00 bits per heavy atom. The van der Waals surface area contributed by atoms with Crippen molar-refractivity contribution in [1.29, 1.82) is 0 Å². The van der Waals surface area contributed by atoms with Gasteiger partial charge >= 0.3 is 0 Å². The Morgan fingerprint density at radius 2 is 2.38 bits per heavy atom. The molecule has 1 fully saturated rings. The number of nitrogens with one attached hydrogen (secondary N) is 1. The van der Waals surface area contributed by atoms with Crippen molar-refractivity contribution in [2.24, 2.45) is 11.8 Å². The Kier molecular flexibility index (Phi) is 3.80. The van der Waals surface area contributed by atoms with E-state index in [-0.39, 0.29) is 0 Å². The SMILES string of the molecule is C=COCC1CC(C)C(NC=O)C1. The van der Waals surface area contributed by atoms with Crippen LogP contribution in [0.25, 0.3) is 0 Å². The zero-order valence-corrected chi connectivity index (χ0v) is 8.03. The monoisotopic (exact) mass is 183 g/mol. The average molecular weight is 183 g/mol. The van der Waals surface area contributed by atoms with Crippen molar-refractivity contribution < 1.29 is 9.53 Å². The quantitative estimate of drug-likeness (QED) is 0.515. The van der Waals surface area contributed by atoms with Crippen LogP contribution in [0, 0.1) is 11.8 Å². The van der Waals surface area contributed by atoms with E-state index in [1.807, 2.05) is 0 Å². The van der Waals surface area contributed by atoms with Crippen LogP contribution in [0.3, 0.4) is 0 Å². The fraction of sp³-hybridized carbons (Fsp3) is 0.700. The van der Waals surface area contributed by atoms with E-state index < -0.39 is 0 Å². The highest BCUT2D eigenvalue weighted by Crippen LogP contribution is 2.30. The summed E-state index contributed by atoms with van der Waals surface area (Å²) < 4.78 is 5.14. The van der Waals surface area contributed by atoms with Crippen LogP contribution >= 0.6 is 0 Å². The van der Waals surface area contributed by atoms with Gasteiger partial charge in [-0.2, -0.15) is 0 Å². The molecule has 1 aliphatic carbocycles. The normalized spacial score (nSPS) is 32.5. The van der Waals surface area contributed by atoms with E-state index >= 15 is 0 Å². The van der Waals surface area contributed by atoms with Crippen molar-refractivity contribution in [1.82, 2.24) is 5.32 Å². The Bertz CT molecular complexity index is 182. The van der Waals surface area contributed by atoms with E-state index in [1.54, 1.807) is 0 Å². The van der Waals surface area contributed by atoms with Crippen LogP contribution in [0.4, 0.5) is 0 Å². The molecule has 0 aromatic carbocycles. The molecule has 3 atom stereocenters. The number of amides is 1. The topological polar surface area (TPSA) is 38.3 Å². The van der Waals surface area contributed by atoms with Crippen LogP contribution in [0.15, 0.2) is 12.8 Å². The molecule has 0 aromatic rings. The van der Waals surface area contributed by atoms with E-state index in [9.17, 15) is 4.79 Å². The second kappa shape index (κ2) is 4.90. The minimum absolute atomic E-state index is 0.330. The first-order valence-corrected chi connectivity index (χ1v) is 4.70. The summed E-state index contributed by atoms with van der Waals surface area (Å²) >= 11 is 0. The second-order valence-electron chi connectivity index (χ2n) is 3.71. The number of hydrogen-bond donors (Lipinski definition) is 1. The highest BCUT2D eigenvalue weighted by molar-refractivity contribution is 5.46. The molecular formula is C10H17NO2. The van der Waals surface area contributed by atoms with Crippen LogP contribution in [-0.4, -0.2) is 19.1 Å². The number of carbonyl (C=O) groups is 1. The third kappa shape index (κ3) is 2.76. The zero-order valence-electron chi connectivity index (χ0n) is 8.03. The second-order valence-corrected chi connectivity index (χ2v) is 3.71. The molecule has 0 bridgehead atoms. The lowest BCUT2D eigenvalue weighted by Gasteiger charge is -2.12. The van der Waals surface area contributed by atoms with Crippen LogP contribution in [0.5, 0.6) is 0 Å². The van der Waals surface area contributed by atoms with Crippen LogP contribution in [-0.2, 0) is 9.53 Å². The van der Waals surface area contributed by atoms with Crippen LogP contribution in [0.1, 0.15) is 19.8 Å². The molecule has 0 spiro atoms. The van der Waals surface area contributed by atoms with Gasteiger partial charge < -0.3 is 10.1 Å². The molecule has 0 saturated heterocycles. The Hall–Kier alpha value is -0.990.